The average Bonchev–Trinajstić information content (AvgIpc) is 3.44. The topological polar surface area (TPSA) is 59.3 Å². The molecule has 10 heteroatoms. The first kappa shape index (κ1) is 22.0. The quantitative estimate of drug-likeness (QED) is 0.659. The summed E-state index contributed by atoms with van der Waals surface area (Å²) in [7, 11) is 0. The highest BCUT2D eigenvalue weighted by Crippen LogP contribution is 2.33. The minimum Gasteiger partial charge on any atom is -0.376 e. The van der Waals surface area contributed by atoms with Crippen molar-refractivity contribution < 1.29 is 17.9 Å². The molecular weight excluding hydrogens is 409 g/mol. The molecule has 3 heterocycles. The maximum Gasteiger partial charge on any atom is 0.416 e. The van der Waals surface area contributed by atoms with Crippen molar-refractivity contribution in [1.29, 1.82) is 0 Å². The molecule has 0 spiro atoms. The molecule has 1 aromatic heterocycles. The number of ether oxygens (including phenoxy) is 1. The Morgan fingerprint density at radius 3 is 2.68 bits per heavy atom. The highest BCUT2D eigenvalue weighted by atomic mass is 19.4. The number of hydrogen-bond acceptors (Lipinski definition) is 6. The van der Waals surface area contributed by atoms with Gasteiger partial charge in [-0.1, -0.05) is 19.4 Å². The molecular formula is C21H29F3N6O. The van der Waals surface area contributed by atoms with E-state index in [4.69, 9.17) is 4.74 Å². The third-order valence-electron chi connectivity index (χ3n) is 6.11. The normalized spacial score (nSPS) is 21.5. The number of nitrogens with zero attached hydrogens (tertiary/aromatic N) is 6. The number of alkyl halides is 3. The van der Waals surface area contributed by atoms with Gasteiger partial charge in [0, 0.05) is 38.5 Å². The molecule has 2 aliphatic rings. The van der Waals surface area contributed by atoms with Gasteiger partial charge in [0.05, 0.1) is 24.3 Å². The molecule has 1 aromatic carbocycles. The average molecular weight is 438 g/mol. The van der Waals surface area contributed by atoms with Crippen LogP contribution in [-0.4, -0.2) is 64.0 Å². The molecule has 31 heavy (non-hydrogen) atoms. The van der Waals surface area contributed by atoms with Crippen molar-refractivity contribution in [3.05, 3.63) is 35.7 Å². The number of rotatable bonds is 7. The minimum atomic E-state index is -4.33. The Bertz CT molecular complexity index is 844. The summed E-state index contributed by atoms with van der Waals surface area (Å²) in [6, 6.07) is 5.66. The van der Waals surface area contributed by atoms with Gasteiger partial charge in [-0.05, 0) is 47.9 Å². The Morgan fingerprint density at radius 1 is 1.19 bits per heavy atom. The maximum absolute atomic E-state index is 13.1. The van der Waals surface area contributed by atoms with E-state index >= 15 is 0 Å². The van der Waals surface area contributed by atoms with Gasteiger partial charge in [-0.2, -0.15) is 13.2 Å². The van der Waals surface area contributed by atoms with Crippen molar-refractivity contribution in [3.63, 3.8) is 0 Å². The number of tetrazole rings is 1. The fourth-order valence-electron chi connectivity index (χ4n) is 4.48. The number of aromatic nitrogens is 4. The molecule has 2 saturated heterocycles. The van der Waals surface area contributed by atoms with Crippen LogP contribution < -0.4 is 4.90 Å². The van der Waals surface area contributed by atoms with E-state index in [1.54, 1.807) is 6.07 Å². The number of hydrogen-bond donors (Lipinski definition) is 0. The second-order valence-electron chi connectivity index (χ2n) is 8.23. The SMILES string of the molecule is CCC[C@@H](c1nnnn1C[C@H]1CCCO1)N1CCN(c2cccc(C(F)(F)F)c2)CC1. The van der Waals surface area contributed by atoms with Gasteiger partial charge in [0.15, 0.2) is 5.82 Å². The smallest absolute Gasteiger partial charge is 0.376 e. The number of anilines is 1. The first-order valence-corrected chi connectivity index (χ1v) is 11.0. The summed E-state index contributed by atoms with van der Waals surface area (Å²) in [6.45, 7) is 6.40. The second-order valence-corrected chi connectivity index (χ2v) is 8.23. The maximum atomic E-state index is 13.1. The lowest BCUT2D eigenvalue weighted by atomic mass is 10.1. The van der Waals surface area contributed by atoms with Crippen LogP contribution in [0.25, 0.3) is 0 Å². The lowest BCUT2D eigenvalue weighted by Gasteiger charge is -2.40. The molecule has 7 nitrogen and oxygen atoms in total. The Morgan fingerprint density at radius 2 is 2.00 bits per heavy atom. The predicted octanol–water partition coefficient (Wildman–Crippen LogP) is 3.53. The van der Waals surface area contributed by atoms with Crippen LogP contribution in [0.5, 0.6) is 0 Å². The first-order valence-electron chi connectivity index (χ1n) is 11.0. The van der Waals surface area contributed by atoms with Crippen molar-refractivity contribution in [2.75, 3.05) is 37.7 Å². The van der Waals surface area contributed by atoms with Crippen LogP contribution in [-0.2, 0) is 17.5 Å². The summed E-state index contributed by atoms with van der Waals surface area (Å²) in [5.74, 6) is 0.852. The lowest BCUT2D eigenvalue weighted by Crippen LogP contribution is -2.48. The minimum absolute atomic E-state index is 0.0880. The van der Waals surface area contributed by atoms with Crippen LogP contribution in [0.1, 0.15) is 50.0 Å². The third kappa shape index (κ3) is 5.17. The van der Waals surface area contributed by atoms with Gasteiger partial charge in [-0.25, -0.2) is 4.68 Å². The van der Waals surface area contributed by atoms with Crippen LogP contribution >= 0.6 is 0 Å². The summed E-state index contributed by atoms with van der Waals surface area (Å²) in [6.07, 6.45) is -0.168. The van der Waals surface area contributed by atoms with Crippen molar-refractivity contribution in [2.24, 2.45) is 0 Å². The van der Waals surface area contributed by atoms with Crippen molar-refractivity contribution in [2.45, 2.75) is 57.5 Å². The summed E-state index contributed by atoms with van der Waals surface area (Å²) in [5.41, 5.74) is 0.00864. The predicted molar refractivity (Wildman–Crippen MR) is 110 cm³/mol. The lowest BCUT2D eigenvalue weighted by molar-refractivity contribution is -0.137. The molecule has 2 fully saturated rings. The van der Waals surface area contributed by atoms with Gasteiger partial charge in [0.25, 0.3) is 0 Å². The van der Waals surface area contributed by atoms with Gasteiger partial charge in [-0.3, -0.25) is 4.90 Å². The molecule has 0 bridgehead atoms. The Balaban J connectivity index is 1.43. The summed E-state index contributed by atoms with van der Waals surface area (Å²) in [4.78, 5) is 4.37. The fraction of sp³-hybridized carbons (Fsp3) is 0.667. The van der Waals surface area contributed by atoms with Crippen LogP contribution in [0, 0.1) is 0 Å². The monoisotopic (exact) mass is 438 g/mol. The number of benzene rings is 1. The Kier molecular flexibility index (Phi) is 6.76. The zero-order chi connectivity index (χ0) is 21.8. The molecule has 2 aliphatic heterocycles. The highest BCUT2D eigenvalue weighted by Gasteiger charge is 2.32. The molecule has 0 saturated carbocycles. The van der Waals surface area contributed by atoms with E-state index in [1.165, 1.54) is 12.1 Å². The molecule has 0 aliphatic carbocycles. The molecule has 0 radical (unpaired) electrons. The van der Waals surface area contributed by atoms with Gasteiger partial charge < -0.3 is 9.64 Å². The van der Waals surface area contributed by atoms with Gasteiger partial charge in [-0.15, -0.1) is 5.10 Å². The molecule has 170 valence electrons. The van der Waals surface area contributed by atoms with Crippen molar-refractivity contribution in [3.8, 4) is 0 Å². The fourth-order valence-corrected chi connectivity index (χ4v) is 4.48. The van der Waals surface area contributed by atoms with E-state index in [0.717, 1.165) is 57.3 Å². The van der Waals surface area contributed by atoms with Gasteiger partial charge in [0.1, 0.15) is 0 Å². The third-order valence-corrected chi connectivity index (χ3v) is 6.11. The Labute approximate surface area is 180 Å². The molecule has 0 unspecified atom stereocenters. The number of halogens is 3. The summed E-state index contributed by atoms with van der Waals surface area (Å²) in [5, 5.41) is 12.5. The largest absolute Gasteiger partial charge is 0.416 e. The van der Waals surface area contributed by atoms with Gasteiger partial charge in [0.2, 0.25) is 0 Å². The van der Waals surface area contributed by atoms with E-state index in [-0.39, 0.29) is 12.1 Å². The zero-order valence-electron chi connectivity index (χ0n) is 17.8. The van der Waals surface area contributed by atoms with E-state index in [9.17, 15) is 13.2 Å². The zero-order valence-corrected chi connectivity index (χ0v) is 17.8. The summed E-state index contributed by atoms with van der Waals surface area (Å²) < 4.78 is 46.8. The van der Waals surface area contributed by atoms with Crippen LogP contribution in [0.3, 0.4) is 0 Å². The van der Waals surface area contributed by atoms with Crippen LogP contribution in [0.15, 0.2) is 24.3 Å². The molecule has 2 aromatic rings. The Hall–Kier alpha value is -2.20. The highest BCUT2D eigenvalue weighted by molar-refractivity contribution is 5.49. The molecule has 4 rings (SSSR count). The van der Waals surface area contributed by atoms with Crippen LogP contribution in [0.4, 0.5) is 18.9 Å². The van der Waals surface area contributed by atoms with Crippen molar-refractivity contribution >= 4 is 5.69 Å². The molecule has 2 atom stereocenters. The van der Waals surface area contributed by atoms with E-state index in [1.807, 2.05) is 9.58 Å². The number of piperazine rings is 1. The standard InChI is InChI=1S/C21H29F3N6O/c1-2-5-19(20-25-26-27-30(20)15-18-8-4-13-31-18)29-11-9-28(10-12-29)17-7-3-6-16(14-17)21(22,23)24/h3,6-7,14,18-19H,2,4-5,8-13,15H2,1H3/t18-,19+/m1/s1. The van der Waals surface area contributed by atoms with Crippen molar-refractivity contribution in [1.82, 2.24) is 25.1 Å². The molecule has 0 N–H and O–H groups in total. The summed E-state index contributed by atoms with van der Waals surface area (Å²) >= 11 is 0. The van der Waals surface area contributed by atoms with E-state index in [0.29, 0.717) is 25.3 Å². The second kappa shape index (κ2) is 9.52. The molecule has 0 amide bonds. The van der Waals surface area contributed by atoms with E-state index in [2.05, 4.69) is 27.3 Å². The van der Waals surface area contributed by atoms with Crippen LogP contribution in [0.2, 0.25) is 0 Å². The first-order chi connectivity index (χ1) is 15.0. The van der Waals surface area contributed by atoms with E-state index < -0.39 is 11.7 Å². The van der Waals surface area contributed by atoms with Gasteiger partial charge >= 0.3 is 6.18 Å².